The van der Waals surface area contributed by atoms with Crippen molar-refractivity contribution in [3.63, 3.8) is 0 Å². The monoisotopic (exact) mass is 1760 g/mol. The molecule has 0 amide bonds. The highest BCUT2D eigenvalue weighted by atomic mass is 15.2. The molecule has 0 saturated carbocycles. The molecular weight excluding hydrogens is 1680 g/mol. The minimum absolute atomic E-state index is 0.647. The number of aromatic nitrogens is 12. The third-order valence-electron chi connectivity index (χ3n) is 27.1. The van der Waals surface area contributed by atoms with Crippen LogP contribution in [0, 0.1) is 0 Å². The number of nitrogens with zero attached hydrogens (tertiary/aromatic N) is 12. The summed E-state index contributed by atoms with van der Waals surface area (Å²) in [4.78, 5) is 29.8. The summed E-state index contributed by atoms with van der Waals surface area (Å²) < 4.78 is 13.8. The molecule has 9 aromatic heterocycles. The first-order valence-electron chi connectivity index (χ1n) is 46.6. The molecule has 0 radical (unpaired) electrons. The molecule has 0 aliphatic heterocycles. The van der Waals surface area contributed by atoms with Crippen molar-refractivity contribution >= 4 is 131 Å². The summed E-state index contributed by atoms with van der Waals surface area (Å²) in [5, 5.41) is 14.4. The van der Waals surface area contributed by atoms with Gasteiger partial charge in [0.15, 0.2) is 0 Å². The molecule has 138 heavy (non-hydrogen) atoms. The van der Waals surface area contributed by atoms with E-state index in [-0.39, 0.29) is 0 Å². The third-order valence-corrected chi connectivity index (χ3v) is 27.1. The molecule has 19 aromatic carbocycles. The van der Waals surface area contributed by atoms with Gasteiger partial charge < -0.3 is 13.7 Å². The van der Waals surface area contributed by atoms with Crippen LogP contribution in [0.4, 0.5) is 0 Å². The van der Waals surface area contributed by atoms with Gasteiger partial charge in [-0.1, -0.05) is 364 Å². The lowest BCUT2D eigenvalue weighted by atomic mass is 9.97. The van der Waals surface area contributed by atoms with E-state index in [1.165, 1.54) is 126 Å². The first-order valence-corrected chi connectivity index (χ1v) is 46.6. The quantitative estimate of drug-likeness (QED) is 0.114. The number of hydrogen-bond acceptors (Lipinski definition) is 6. The molecular formula is C126H82N12. The minimum Gasteiger partial charge on any atom is -0.309 e. The molecule has 28 rings (SSSR count). The second-order valence-electron chi connectivity index (χ2n) is 34.9. The highest BCUT2D eigenvalue weighted by molar-refractivity contribution is 6.29. The fourth-order valence-electron chi connectivity index (χ4n) is 20.9. The largest absolute Gasteiger partial charge is 0.309 e. The van der Waals surface area contributed by atoms with Crippen LogP contribution >= 0.6 is 0 Å². The Morgan fingerprint density at radius 1 is 0.138 bits per heavy atom. The van der Waals surface area contributed by atoms with Gasteiger partial charge in [0.1, 0.15) is 0 Å². The summed E-state index contributed by atoms with van der Waals surface area (Å²) in [6.45, 7) is 0. The summed E-state index contributed by atoms with van der Waals surface area (Å²) in [6, 6.07) is 163. The molecule has 0 spiro atoms. The lowest BCUT2D eigenvalue weighted by molar-refractivity contribution is 0.990. The van der Waals surface area contributed by atoms with Gasteiger partial charge in [0.25, 0.3) is 0 Å². The minimum atomic E-state index is 0.647. The van der Waals surface area contributed by atoms with Crippen LogP contribution < -0.4 is 0 Å². The van der Waals surface area contributed by atoms with Gasteiger partial charge in [-0.3, -0.25) is 13.7 Å². The molecule has 28 aromatic rings. The van der Waals surface area contributed by atoms with E-state index in [1.54, 1.807) is 0 Å². The van der Waals surface area contributed by atoms with E-state index in [4.69, 9.17) is 29.9 Å². The summed E-state index contributed by atoms with van der Waals surface area (Å²) in [5.74, 6) is 1.96. The lowest BCUT2D eigenvalue weighted by Gasteiger charge is -2.14. The van der Waals surface area contributed by atoms with Crippen molar-refractivity contribution in [2.45, 2.75) is 0 Å². The van der Waals surface area contributed by atoms with Gasteiger partial charge in [0, 0.05) is 135 Å². The summed E-state index contributed by atoms with van der Waals surface area (Å²) >= 11 is 0. The van der Waals surface area contributed by atoms with Crippen LogP contribution in [0.5, 0.6) is 0 Å². The zero-order chi connectivity index (χ0) is 91.1. The second kappa shape index (κ2) is 33.8. The van der Waals surface area contributed by atoms with E-state index in [9.17, 15) is 0 Å². The predicted molar refractivity (Wildman–Crippen MR) is 570 cm³/mol. The Morgan fingerprint density at radius 2 is 0.384 bits per heavy atom. The van der Waals surface area contributed by atoms with E-state index in [2.05, 4.69) is 464 Å². The fraction of sp³-hybridized carbons (Fsp3) is 0. The van der Waals surface area contributed by atoms with Gasteiger partial charge in [-0.25, -0.2) is 29.9 Å². The van der Waals surface area contributed by atoms with Gasteiger partial charge in [-0.2, -0.15) is 0 Å². The van der Waals surface area contributed by atoms with E-state index in [1.807, 2.05) is 61.4 Å². The van der Waals surface area contributed by atoms with Crippen molar-refractivity contribution in [1.29, 1.82) is 0 Å². The zero-order valence-corrected chi connectivity index (χ0v) is 74.7. The van der Waals surface area contributed by atoms with Gasteiger partial charge in [0.2, 0.25) is 17.8 Å². The van der Waals surface area contributed by atoms with Crippen LogP contribution in [-0.2, 0) is 0 Å². The van der Waals surface area contributed by atoms with Crippen LogP contribution in [0.25, 0.3) is 244 Å². The topological polar surface area (TPSA) is 107 Å². The highest BCUT2D eigenvalue weighted by Gasteiger charge is 2.28. The molecule has 0 atom stereocenters. The van der Waals surface area contributed by atoms with E-state index < -0.39 is 0 Å². The predicted octanol–water partition coefficient (Wildman–Crippen LogP) is 31.7. The van der Waals surface area contributed by atoms with Crippen molar-refractivity contribution in [2.24, 2.45) is 0 Å². The zero-order valence-electron chi connectivity index (χ0n) is 74.7. The van der Waals surface area contributed by atoms with Crippen molar-refractivity contribution in [3.8, 4) is 113 Å². The SMILES string of the molecule is c1ccc(-c2ccc(-c3cnc(-n4c5ccccc5c5ccc6c(c7ccccc7n6-c6ccccc6-c6ccccc6)c54)nc3)cc2)cc1.c1ccc(-c2cccc(-c3cccc(-c4cnc(-n5c6ccccc6c6c5ccc5c7ccccc7n(-c7ccccc7)c56)nc4)c3)c2)cc1.c1ccc(-c2cnc(-n3c4ccccc4c4c3ccc3c5ccccc5n(-c5ccccc5)c34)nc2)cc1. The Hall–Kier alpha value is -18.8. The van der Waals surface area contributed by atoms with E-state index in [0.29, 0.717) is 17.8 Å². The Bertz CT molecular complexity index is 9520. The summed E-state index contributed by atoms with van der Waals surface area (Å²) in [6.07, 6.45) is 11.6. The lowest BCUT2D eigenvalue weighted by Crippen LogP contribution is -2.01. The molecule has 0 bridgehead atoms. The molecule has 0 saturated heterocycles. The molecule has 0 aliphatic rings. The van der Waals surface area contributed by atoms with Gasteiger partial charge >= 0.3 is 0 Å². The van der Waals surface area contributed by atoms with Crippen molar-refractivity contribution in [1.82, 2.24) is 57.3 Å². The molecule has 12 heteroatoms. The number of hydrogen-bond donors (Lipinski definition) is 0. The standard InChI is InChI=1S/2C46H30N4.C34H22N4/c1-3-13-31(14-4-1)32-23-25-33(26-24-32)35-29-47-46(48-30-35)50-41-21-11-8-18-37(41)38-27-28-43-44(45(38)50)39-19-9-12-22-42(39)49(43)40-20-10-7-17-36(40)34-15-5-2-6-16-34;1-3-13-31(14-4-1)32-15-11-16-33(27-32)34-17-12-18-35(28-34)36-29-47-46(48-30-36)50-42-24-10-8-22-40(42)44-43(50)26-25-39-38-21-7-9-23-41(38)49(45(39)44)37-19-5-2-6-20-37;1-3-11-23(12-4-1)24-21-35-34(36-22-24)38-30-18-10-8-16-28(30)32-31(38)20-19-27-26-15-7-9-17-29(26)37(33(27)32)25-13-5-2-6-14-25/h2*1-30H;1-22H. The number of benzene rings is 19. The number of para-hydroxylation sites is 9. The number of rotatable bonds is 13. The Labute approximate surface area is 793 Å². The van der Waals surface area contributed by atoms with E-state index >= 15 is 0 Å². The molecule has 12 nitrogen and oxygen atoms in total. The van der Waals surface area contributed by atoms with Crippen LogP contribution in [0.2, 0.25) is 0 Å². The smallest absolute Gasteiger partial charge is 0.234 e. The highest BCUT2D eigenvalue weighted by Crippen LogP contribution is 2.48. The maximum Gasteiger partial charge on any atom is 0.234 e. The fourth-order valence-corrected chi connectivity index (χ4v) is 20.9. The second-order valence-corrected chi connectivity index (χ2v) is 34.9. The Balaban J connectivity index is 0.000000108. The first-order chi connectivity index (χ1) is 68.5. The van der Waals surface area contributed by atoms with Crippen molar-refractivity contribution in [2.75, 3.05) is 0 Å². The maximum atomic E-state index is 5.03. The Morgan fingerprint density at radius 3 is 0.783 bits per heavy atom. The molecule has 0 N–H and O–H groups in total. The molecule has 9 heterocycles. The van der Waals surface area contributed by atoms with Crippen LogP contribution in [0.15, 0.2) is 498 Å². The third kappa shape index (κ3) is 13.6. The van der Waals surface area contributed by atoms with E-state index in [0.717, 1.165) is 100 Å². The maximum absolute atomic E-state index is 5.03. The van der Waals surface area contributed by atoms with Crippen LogP contribution in [-0.4, -0.2) is 57.3 Å². The number of fused-ring (bicyclic) bond motifs is 21. The molecule has 0 unspecified atom stereocenters. The van der Waals surface area contributed by atoms with Gasteiger partial charge in [0.05, 0.1) is 71.9 Å². The Kier molecular flexibility index (Phi) is 19.6. The van der Waals surface area contributed by atoms with Gasteiger partial charge in [-0.05, 0) is 153 Å². The van der Waals surface area contributed by atoms with Crippen molar-refractivity contribution < 1.29 is 0 Å². The normalized spacial score (nSPS) is 11.6. The molecule has 0 fully saturated rings. The molecule has 0 aliphatic carbocycles. The average molecular weight is 1760 g/mol. The summed E-state index contributed by atoms with van der Waals surface area (Å²) in [7, 11) is 0. The van der Waals surface area contributed by atoms with Gasteiger partial charge in [-0.15, -0.1) is 0 Å². The van der Waals surface area contributed by atoms with Crippen molar-refractivity contribution in [3.05, 3.63) is 498 Å². The van der Waals surface area contributed by atoms with Crippen LogP contribution in [0.1, 0.15) is 0 Å². The summed E-state index contributed by atoms with van der Waals surface area (Å²) in [5.41, 5.74) is 32.8. The van der Waals surface area contributed by atoms with Crippen LogP contribution in [0.3, 0.4) is 0 Å². The average Bonchev–Trinajstić information content (AvgIpc) is 1.56. The first kappa shape index (κ1) is 80.1. The molecule has 646 valence electrons.